The maximum atomic E-state index is 14.6. The number of carboxylic acid groups (broad SMARTS) is 2. The molecule has 0 unspecified atom stereocenters. The number of nitrogens with zero attached hydrogens (tertiary/aromatic N) is 1. The Morgan fingerprint density at radius 1 is 0.397 bits per heavy atom. The third-order valence-electron chi connectivity index (χ3n) is 22.5. The number of hydrogen-bond donors (Lipinski definition) is 34. The summed E-state index contributed by atoms with van der Waals surface area (Å²) in [5.41, 5.74) is 17.4. The first-order valence-electron chi connectivity index (χ1n) is 46.8. The molecule has 0 radical (unpaired) electrons. The van der Waals surface area contributed by atoms with Crippen LogP contribution in [0, 0.1) is 23.2 Å². The van der Waals surface area contributed by atoms with Crippen LogP contribution in [0.1, 0.15) is 138 Å². The van der Waals surface area contributed by atoms with Crippen molar-refractivity contribution in [1.29, 1.82) is 5.41 Å². The normalized spacial score (nSPS) is 16.3. The van der Waals surface area contributed by atoms with Gasteiger partial charge in [-0.1, -0.05) is 90.4 Å². The van der Waals surface area contributed by atoms with E-state index in [1.54, 1.807) is 65.0 Å². The first kappa shape index (κ1) is 126. The Balaban J connectivity index is 1.73. The third kappa shape index (κ3) is 44.0. The summed E-state index contributed by atoms with van der Waals surface area (Å²) >= 11 is 0. The molecular formula is C89H140N24O33. The van der Waals surface area contributed by atoms with Crippen LogP contribution in [0.25, 0.3) is 0 Å². The summed E-state index contributed by atoms with van der Waals surface area (Å²) in [6.45, 7) is 4.00. The monoisotopic (exact) mass is 2070 g/mol. The highest BCUT2D eigenvalue weighted by molar-refractivity contribution is 6.02. The maximum Gasteiger partial charge on any atom is 0.326 e. The Labute approximate surface area is 838 Å². The number of carbonyl (C=O) groups is 22. The fourth-order valence-corrected chi connectivity index (χ4v) is 14.3. The highest BCUT2D eigenvalue weighted by Crippen LogP contribution is 2.22. The van der Waals surface area contributed by atoms with Gasteiger partial charge in [-0.25, -0.2) is 4.79 Å². The minimum atomic E-state index is -2.23. The average Bonchev–Trinajstić information content (AvgIpc) is 1.11. The summed E-state index contributed by atoms with van der Waals surface area (Å²) < 4.78 is 0. The fraction of sp³-hybridized carbons (Fsp3) is 0.607. The largest absolute Gasteiger partial charge is 0.508 e. The molecule has 814 valence electrons. The molecule has 3 rings (SSSR count). The molecule has 2 aromatic carbocycles. The molecule has 1 heterocycles. The molecule has 0 aliphatic carbocycles. The van der Waals surface area contributed by atoms with Crippen LogP contribution in [0.4, 0.5) is 0 Å². The molecule has 57 heteroatoms. The molecule has 0 spiro atoms. The number of phenols is 1. The lowest BCUT2D eigenvalue weighted by Gasteiger charge is -2.31. The Morgan fingerprint density at radius 3 is 1.16 bits per heavy atom. The second-order valence-corrected chi connectivity index (χ2v) is 35.5. The van der Waals surface area contributed by atoms with Gasteiger partial charge >= 0.3 is 11.9 Å². The quantitative estimate of drug-likeness (QED) is 0.0166. The number of aliphatic carboxylic acids is 2. The molecule has 2 aromatic rings. The first-order chi connectivity index (χ1) is 68.6. The van der Waals surface area contributed by atoms with E-state index in [-0.39, 0.29) is 81.2 Å². The topological polar surface area (TPSA) is 932 Å². The zero-order valence-corrected chi connectivity index (χ0v) is 82.1. The third-order valence-corrected chi connectivity index (χ3v) is 22.5. The molecule has 0 saturated carbocycles. The molecule has 1 fully saturated rings. The summed E-state index contributed by atoms with van der Waals surface area (Å²) in [6, 6.07) is -16.7. The average molecular weight is 2070 g/mol. The van der Waals surface area contributed by atoms with E-state index in [1.807, 2.05) is 26.6 Å². The van der Waals surface area contributed by atoms with Crippen molar-refractivity contribution in [2.24, 2.45) is 35.0 Å². The molecular weight excluding hydrogens is 1930 g/mol. The SMILES string of the molecule is CC[C@H](C)[C@H](NC(=O)[C@@H](NC(=O)[C@H](CC(C)C)NC(=O)[C@@H](NC(=O)[C@H](Cc1ccc(O)cc1)NC(=O)[C@H](CC(=O)O)NC(=O)[C@@H](NC(=O)CNC(=O)[C@H](CO)NC(=O)CNC(=O)[C@H](CO)NC(=O)CNC(=O)[C@H](CO)NC(=O)[C@H](Cc1ccccc1)NC(=O)[C@@H](N)CCCNC(=N)N)[C@@H](C)O)[C@@H](C)O)[C@@H](C)O)C(=O)N[C@@H](CO)C(=O)N[C@@H](CO)C(=O)N[C@@H](CC(C)C)C(=O)N[C@@H](CCC(N)=O)C(=O)N1CCC[C@H]1C(=O)O. The Kier molecular flexibility index (Phi) is 54.7. The van der Waals surface area contributed by atoms with E-state index >= 15 is 0 Å². The molecule has 0 aromatic heterocycles. The van der Waals surface area contributed by atoms with Gasteiger partial charge in [0.25, 0.3) is 0 Å². The molecule has 1 saturated heterocycles. The number of carboxylic acids is 2. The molecule has 146 heavy (non-hydrogen) atoms. The Morgan fingerprint density at radius 2 is 0.740 bits per heavy atom. The molecule has 1 aliphatic heterocycles. The van der Waals surface area contributed by atoms with E-state index in [4.69, 9.17) is 22.6 Å². The number of rotatable bonds is 65. The van der Waals surface area contributed by atoms with Crippen molar-refractivity contribution in [1.82, 2.24) is 106 Å². The molecule has 1 aliphatic rings. The highest BCUT2D eigenvalue weighted by atomic mass is 16.4. The van der Waals surface area contributed by atoms with E-state index in [0.717, 1.165) is 37.8 Å². The van der Waals surface area contributed by atoms with E-state index in [2.05, 4.69) is 74.4 Å². The summed E-state index contributed by atoms with van der Waals surface area (Å²) in [7, 11) is 0. The zero-order chi connectivity index (χ0) is 110. The lowest BCUT2D eigenvalue weighted by Crippen LogP contribution is -2.64. The number of nitrogens with two attached hydrogens (primary N) is 3. The van der Waals surface area contributed by atoms with Gasteiger partial charge in [0.1, 0.15) is 102 Å². The van der Waals surface area contributed by atoms with Gasteiger partial charge in [0.05, 0.1) is 83.4 Å². The number of amides is 20. The minimum Gasteiger partial charge on any atom is -0.508 e. The van der Waals surface area contributed by atoms with Gasteiger partial charge in [-0.15, -0.1) is 0 Å². The van der Waals surface area contributed by atoms with Gasteiger partial charge < -0.3 is 179 Å². The number of aromatic hydroxyl groups is 1. The smallest absolute Gasteiger partial charge is 0.326 e. The lowest BCUT2D eigenvalue weighted by molar-refractivity contribution is -0.149. The second kappa shape index (κ2) is 63.6. The summed E-state index contributed by atoms with van der Waals surface area (Å²) in [4.78, 5) is 298. The van der Waals surface area contributed by atoms with Crippen molar-refractivity contribution in [3.8, 4) is 5.75 Å². The summed E-state index contributed by atoms with van der Waals surface area (Å²) in [5.74, 6) is -28.8. The van der Waals surface area contributed by atoms with E-state index in [9.17, 15) is 162 Å². The van der Waals surface area contributed by atoms with Crippen LogP contribution in [0.3, 0.4) is 0 Å². The van der Waals surface area contributed by atoms with E-state index in [0.29, 0.717) is 18.4 Å². The number of nitrogens with one attached hydrogen (secondary N) is 20. The first-order valence-corrected chi connectivity index (χ1v) is 46.8. The van der Waals surface area contributed by atoms with Crippen LogP contribution in [0.2, 0.25) is 0 Å². The highest BCUT2D eigenvalue weighted by Gasteiger charge is 2.43. The minimum absolute atomic E-state index is 0.0124. The van der Waals surface area contributed by atoms with Crippen LogP contribution < -0.4 is 118 Å². The Hall–Kier alpha value is -14.5. The van der Waals surface area contributed by atoms with Gasteiger partial charge in [0, 0.05) is 32.4 Å². The van der Waals surface area contributed by atoms with Crippen molar-refractivity contribution in [3.63, 3.8) is 0 Å². The van der Waals surface area contributed by atoms with Crippen LogP contribution >= 0.6 is 0 Å². The summed E-state index contributed by atoms with van der Waals surface area (Å²) in [5, 5.41) is 164. The van der Waals surface area contributed by atoms with Crippen molar-refractivity contribution in [2.75, 3.05) is 65.8 Å². The predicted octanol–water partition coefficient (Wildman–Crippen LogP) is -14.6. The number of likely N-dealkylation sites (tertiary alicyclic amines) is 1. The van der Waals surface area contributed by atoms with Crippen molar-refractivity contribution < 1.29 is 162 Å². The summed E-state index contributed by atoms with van der Waals surface area (Å²) in [6.07, 6.45) is -7.90. The van der Waals surface area contributed by atoms with Gasteiger partial charge in [-0.2, -0.15) is 0 Å². The van der Waals surface area contributed by atoms with Crippen LogP contribution in [-0.4, -0.2) is 384 Å². The molecule has 21 atom stereocenters. The predicted molar refractivity (Wildman–Crippen MR) is 509 cm³/mol. The molecule has 57 nitrogen and oxygen atoms in total. The number of aliphatic hydroxyl groups excluding tert-OH is 8. The molecule has 37 N–H and O–H groups in total. The van der Waals surface area contributed by atoms with Crippen molar-refractivity contribution in [2.45, 2.75) is 260 Å². The molecule has 0 bridgehead atoms. The number of benzene rings is 2. The van der Waals surface area contributed by atoms with Crippen molar-refractivity contribution in [3.05, 3.63) is 65.7 Å². The Bertz CT molecular complexity index is 4810. The number of primary amides is 1. The lowest BCUT2D eigenvalue weighted by atomic mass is 9.97. The zero-order valence-electron chi connectivity index (χ0n) is 82.1. The standard InChI is InChI=1S/C89H140N24O33/c1-10-43(6)68(83(140)108-61(40-118)82(139)107-60(39-117)81(138)102-52(28-41(2)3)76(133)100-51(24-25-63(91)123)87(144)113-27-15-19-62(113)88(145)146)110-86(143)71(46(9)121)112-79(136)53(29-42(4)5)104-85(142)70(45(8)120)111-80(137)55(31-48-20-22-49(122)23-21-48)103-78(135)56(32-67(127)128)105-84(141)69(44(7)119)109-66(126)35-97-74(131)58(37-115)99-64(124)33-95-73(130)57(36-114)98-65(125)34-96-75(132)59(38-116)106-77(134)54(30-47-16-12-11-13-17-47)101-72(129)50(90)18-14-26-94-89(92)93/h11-13,16-17,20-23,41-46,50-62,68-71,114-122H,10,14-15,18-19,24-40,90H2,1-9H3,(H2,91,123)(H,95,130)(H,96,132)(H,97,131)(H,98,125)(H,99,124)(H,100,133)(H,101,129)(H,102,138)(H,103,135)(H,104,142)(H,105,141)(H,106,134)(H,107,139)(H,108,140)(H,109,126)(H,110,143)(H,111,137)(H,112,136)(H,127,128)(H,145,146)(H4,92,93,94)/t43-,44+,45+,46+,50-,51-,52-,53-,54-,55-,56-,57-,58-,59-,60-,61-,62-,68-,69-,70-,71-/m0/s1. The van der Waals surface area contributed by atoms with Gasteiger partial charge in [-0.05, 0) is 107 Å². The number of hydrogen-bond acceptors (Lipinski definition) is 33. The molecule has 20 amide bonds. The van der Waals surface area contributed by atoms with Crippen LogP contribution in [0.5, 0.6) is 5.75 Å². The number of carbonyl (C=O) groups excluding carboxylic acids is 20. The fourth-order valence-electron chi connectivity index (χ4n) is 14.3. The van der Waals surface area contributed by atoms with Crippen LogP contribution in [0.15, 0.2) is 54.6 Å². The van der Waals surface area contributed by atoms with Gasteiger partial charge in [0.2, 0.25) is 118 Å². The van der Waals surface area contributed by atoms with E-state index in [1.165, 1.54) is 19.1 Å². The van der Waals surface area contributed by atoms with Gasteiger partial charge in [0.15, 0.2) is 5.96 Å². The van der Waals surface area contributed by atoms with E-state index < -0.39 is 335 Å². The number of phenolic OH excluding ortho intramolecular Hbond substituents is 1. The second-order valence-electron chi connectivity index (χ2n) is 35.5. The van der Waals surface area contributed by atoms with Crippen LogP contribution in [-0.2, 0) is 118 Å². The van der Waals surface area contributed by atoms with Crippen molar-refractivity contribution >= 4 is 136 Å². The van der Waals surface area contributed by atoms with Gasteiger partial charge in [-0.3, -0.25) is 106 Å². The number of guanidine groups is 1. The maximum absolute atomic E-state index is 14.6. The number of aliphatic hydroxyl groups is 8.